The Balaban J connectivity index is 1.84. The minimum absolute atomic E-state index is 0.0911. The summed E-state index contributed by atoms with van der Waals surface area (Å²) in [6.45, 7) is 0.391. The molecule has 0 bridgehead atoms. The van der Waals surface area contributed by atoms with Crippen molar-refractivity contribution in [2.24, 2.45) is 0 Å². The summed E-state index contributed by atoms with van der Waals surface area (Å²) in [4.78, 5) is 28.9. The maximum Gasteiger partial charge on any atom is 0.276 e. The van der Waals surface area contributed by atoms with E-state index in [2.05, 4.69) is 10.3 Å². The van der Waals surface area contributed by atoms with Crippen LogP contribution in [0.3, 0.4) is 0 Å². The average molecular weight is 332 g/mol. The highest BCUT2D eigenvalue weighted by atomic mass is 16.1. The molecule has 3 heterocycles. The summed E-state index contributed by atoms with van der Waals surface area (Å²) < 4.78 is 3.52. The first-order valence-electron chi connectivity index (χ1n) is 7.94. The summed E-state index contributed by atoms with van der Waals surface area (Å²) in [5.41, 5.74) is 3.55. The lowest BCUT2D eigenvalue weighted by atomic mass is 10.1. The smallest absolute Gasteiger partial charge is 0.276 e. The van der Waals surface area contributed by atoms with Crippen LogP contribution in [0.25, 0.3) is 16.7 Å². The SMILES string of the molecule is CNC(=O)c1ccc(Cn2c(=O)c3cccn3c3cccnc32)cc1. The third-order valence-corrected chi connectivity index (χ3v) is 4.28. The second-order valence-corrected chi connectivity index (χ2v) is 5.78. The first-order chi connectivity index (χ1) is 12.2. The molecule has 25 heavy (non-hydrogen) atoms. The van der Waals surface area contributed by atoms with E-state index in [0.717, 1.165) is 11.1 Å². The Labute approximate surface area is 143 Å². The first kappa shape index (κ1) is 15.1. The zero-order chi connectivity index (χ0) is 17.4. The molecule has 0 saturated carbocycles. The van der Waals surface area contributed by atoms with Crippen molar-refractivity contribution >= 4 is 22.6 Å². The monoisotopic (exact) mass is 332 g/mol. The van der Waals surface area contributed by atoms with Gasteiger partial charge in [-0.1, -0.05) is 12.1 Å². The molecule has 0 aliphatic carbocycles. The van der Waals surface area contributed by atoms with E-state index in [-0.39, 0.29) is 11.5 Å². The molecule has 4 aromatic rings. The van der Waals surface area contributed by atoms with Crippen molar-refractivity contribution in [1.29, 1.82) is 0 Å². The third kappa shape index (κ3) is 2.48. The zero-order valence-electron chi connectivity index (χ0n) is 13.6. The van der Waals surface area contributed by atoms with Crippen LogP contribution in [-0.2, 0) is 6.54 Å². The second kappa shape index (κ2) is 5.90. The molecule has 124 valence electrons. The molecule has 0 unspecified atom stereocenters. The molecule has 6 heteroatoms. The fourth-order valence-corrected chi connectivity index (χ4v) is 3.02. The number of nitrogens with one attached hydrogen (secondary N) is 1. The molecular weight excluding hydrogens is 316 g/mol. The predicted molar refractivity (Wildman–Crippen MR) is 95.9 cm³/mol. The Bertz CT molecular complexity index is 1140. The van der Waals surface area contributed by atoms with Crippen molar-refractivity contribution in [2.75, 3.05) is 7.05 Å². The van der Waals surface area contributed by atoms with Crippen LogP contribution in [0.2, 0.25) is 0 Å². The predicted octanol–water partition coefficient (Wildman–Crippen LogP) is 2.06. The highest BCUT2D eigenvalue weighted by Crippen LogP contribution is 2.14. The highest BCUT2D eigenvalue weighted by molar-refractivity contribution is 5.93. The van der Waals surface area contributed by atoms with E-state index in [9.17, 15) is 9.59 Å². The van der Waals surface area contributed by atoms with Gasteiger partial charge < -0.3 is 9.72 Å². The van der Waals surface area contributed by atoms with Gasteiger partial charge in [-0.2, -0.15) is 0 Å². The van der Waals surface area contributed by atoms with E-state index < -0.39 is 0 Å². The fraction of sp³-hybridized carbons (Fsp3) is 0.105. The van der Waals surface area contributed by atoms with E-state index in [1.807, 2.05) is 40.9 Å². The summed E-state index contributed by atoms with van der Waals surface area (Å²) >= 11 is 0. The molecule has 0 radical (unpaired) electrons. The largest absolute Gasteiger partial charge is 0.355 e. The zero-order valence-corrected chi connectivity index (χ0v) is 13.6. The Morgan fingerprint density at radius 3 is 2.60 bits per heavy atom. The average Bonchev–Trinajstić information content (AvgIpc) is 3.15. The molecule has 1 amide bonds. The number of hydrogen-bond acceptors (Lipinski definition) is 3. The molecule has 1 aromatic carbocycles. The number of benzene rings is 1. The van der Waals surface area contributed by atoms with Gasteiger partial charge in [0.15, 0.2) is 5.65 Å². The van der Waals surface area contributed by atoms with Gasteiger partial charge in [0.2, 0.25) is 0 Å². The quantitative estimate of drug-likeness (QED) is 0.624. The van der Waals surface area contributed by atoms with Crippen LogP contribution >= 0.6 is 0 Å². The van der Waals surface area contributed by atoms with Crippen LogP contribution in [0, 0.1) is 0 Å². The topological polar surface area (TPSA) is 68.4 Å². The number of nitrogens with zero attached hydrogens (tertiary/aromatic N) is 3. The van der Waals surface area contributed by atoms with Crippen molar-refractivity contribution < 1.29 is 4.79 Å². The molecule has 0 aliphatic heterocycles. The van der Waals surface area contributed by atoms with Crippen LogP contribution in [0.15, 0.2) is 65.7 Å². The maximum atomic E-state index is 12.9. The lowest BCUT2D eigenvalue weighted by Crippen LogP contribution is -2.24. The number of fused-ring (bicyclic) bond motifs is 3. The van der Waals surface area contributed by atoms with Gasteiger partial charge in [0.1, 0.15) is 5.52 Å². The normalized spacial score (nSPS) is 11.1. The van der Waals surface area contributed by atoms with Gasteiger partial charge in [0, 0.05) is 25.0 Å². The van der Waals surface area contributed by atoms with E-state index in [1.54, 1.807) is 36.0 Å². The molecule has 6 nitrogen and oxygen atoms in total. The molecule has 0 aliphatic rings. The van der Waals surface area contributed by atoms with Crippen LogP contribution < -0.4 is 10.9 Å². The number of carbonyl (C=O) groups is 1. The van der Waals surface area contributed by atoms with E-state index >= 15 is 0 Å². The number of carbonyl (C=O) groups excluding carboxylic acids is 1. The molecule has 0 spiro atoms. The number of hydrogen-bond donors (Lipinski definition) is 1. The van der Waals surface area contributed by atoms with E-state index in [4.69, 9.17) is 0 Å². The van der Waals surface area contributed by atoms with Gasteiger partial charge in [-0.3, -0.25) is 14.2 Å². The van der Waals surface area contributed by atoms with Crippen molar-refractivity contribution in [3.63, 3.8) is 0 Å². The minimum Gasteiger partial charge on any atom is -0.355 e. The third-order valence-electron chi connectivity index (χ3n) is 4.28. The molecular formula is C19H16N4O2. The Kier molecular flexibility index (Phi) is 3.57. The number of amides is 1. The minimum atomic E-state index is -0.134. The molecule has 3 aromatic heterocycles. The molecule has 0 saturated heterocycles. The molecule has 4 rings (SSSR count). The molecule has 1 N–H and O–H groups in total. The highest BCUT2D eigenvalue weighted by Gasteiger charge is 2.12. The van der Waals surface area contributed by atoms with Gasteiger partial charge in [0.05, 0.1) is 12.1 Å². The van der Waals surface area contributed by atoms with Crippen molar-refractivity contribution in [3.05, 3.63) is 82.4 Å². The van der Waals surface area contributed by atoms with E-state index in [1.165, 1.54) is 0 Å². The summed E-state index contributed by atoms with van der Waals surface area (Å²) in [5, 5.41) is 2.59. The summed E-state index contributed by atoms with van der Waals surface area (Å²) in [5.74, 6) is -0.134. The number of aromatic nitrogens is 3. The summed E-state index contributed by atoms with van der Waals surface area (Å²) in [6, 6.07) is 14.7. The Morgan fingerprint density at radius 1 is 1.08 bits per heavy atom. The summed E-state index contributed by atoms with van der Waals surface area (Å²) in [6.07, 6.45) is 3.55. The maximum absolute atomic E-state index is 12.9. The van der Waals surface area contributed by atoms with Gasteiger partial charge >= 0.3 is 0 Å². The van der Waals surface area contributed by atoms with Crippen LogP contribution in [-0.4, -0.2) is 26.9 Å². The van der Waals surface area contributed by atoms with Crippen LogP contribution in [0.1, 0.15) is 15.9 Å². The van der Waals surface area contributed by atoms with Crippen LogP contribution in [0.5, 0.6) is 0 Å². The van der Waals surface area contributed by atoms with Crippen molar-refractivity contribution in [2.45, 2.75) is 6.54 Å². The second-order valence-electron chi connectivity index (χ2n) is 5.78. The van der Waals surface area contributed by atoms with E-state index in [0.29, 0.717) is 23.3 Å². The standard InChI is InChI=1S/C19H16N4O2/c1-20-18(24)14-8-6-13(7-9-14)12-23-17-15(4-2-10-21-17)22-11-3-5-16(22)19(23)25/h2-11H,12H2,1H3,(H,20,24). The molecule has 0 fully saturated rings. The molecule has 0 atom stereocenters. The Hall–Kier alpha value is -3.41. The number of pyridine rings is 1. The fourth-order valence-electron chi connectivity index (χ4n) is 3.02. The first-order valence-corrected chi connectivity index (χ1v) is 7.94. The lowest BCUT2D eigenvalue weighted by Gasteiger charge is -2.12. The van der Waals surface area contributed by atoms with Gasteiger partial charge in [-0.25, -0.2) is 4.98 Å². The lowest BCUT2D eigenvalue weighted by molar-refractivity contribution is 0.0963. The number of rotatable bonds is 3. The van der Waals surface area contributed by atoms with Gasteiger partial charge in [0.25, 0.3) is 11.5 Å². The van der Waals surface area contributed by atoms with Crippen molar-refractivity contribution in [3.8, 4) is 0 Å². The van der Waals surface area contributed by atoms with Gasteiger partial charge in [-0.05, 0) is 42.0 Å². The van der Waals surface area contributed by atoms with Crippen molar-refractivity contribution in [1.82, 2.24) is 19.3 Å². The van der Waals surface area contributed by atoms with Gasteiger partial charge in [-0.15, -0.1) is 0 Å². The Morgan fingerprint density at radius 2 is 1.84 bits per heavy atom. The summed E-state index contributed by atoms with van der Waals surface area (Å²) in [7, 11) is 1.60. The van der Waals surface area contributed by atoms with Crippen LogP contribution in [0.4, 0.5) is 0 Å².